The van der Waals surface area contributed by atoms with E-state index in [-0.39, 0.29) is 0 Å². The summed E-state index contributed by atoms with van der Waals surface area (Å²) in [4.78, 5) is 4.28. The largest absolute Gasteiger partial charge is 0.435 e. The Morgan fingerprint density at radius 2 is 1.76 bits per heavy atom. The minimum absolute atomic E-state index is 0.368. The number of nitrogens with zero attached hydrogens (tertiary/aromatic N) is 3. The summed E-state index contributed by atoms with van der Waals surface area (Å²) in [6, 6.07) is 14.3. The molecule has 0 atom stereocenters. The number of benzene rings is 2. The van der Waals surface area contributed by atoms with E-state index >= 15 is 0 Å². The predicted octanol–water partition coefficient (Wildman–Crippen LogP) is 5.48. The van der Waals surface area contributed by atoms with Gasteiger partial charge in [0, 0.05) is 10.9 Å². The van der Waals surface area contributed by atoms with Crippen LogP contribution in [0.2, 0.25) is 0 Å². The highest BCUT2D eigenvalue weighted by Crippen LogP contribution is 2.34. The van der Waals surface area contributed by atoms with Crippen LogP contribution >= 0.6 is 11.3 Å². The average Bonchev–Trinajstić information content (AvgIpc) is 3.20. The Kier molecular flexibility index (Phi) is 3.61. The van der Waals surface area contributed by atoms with Crippen LogP contribution < -0.4 is 0 Å². The molecule has 0 aliphatic heterocycles. The summed E-state index contributed by atoms with van der Waals surface area (Å²) in [6.45, 7) is 1.80. The molecule has 0 fully saturated rings. The molecule has 0 spiro atoms. The Bertz CT molecular complexity index is 1060. The fraction of sp³-hybridized carbons (Fsp3) is 0.111. The maximum atomic E-state index is 13.2. The number of fused-ring (bicyclic) bond motifs is 1. The van der Waals surface area contributed by atoms with Gasteiger partial charge in [-0.05, 0) is 29.8 Å². The van der Waals surface area contributed by atoms with Gasteiger partial charge in [0.15, 0.2) is 5.69 Å². The predicted molar refractivity (Wildman–Crippen MR) is 91.9 cm³/mol. The van der Waals surface area contributed by atoms with Gasteiger partial charge in [-0.2, -0.15) is 18.3 Å². The minimum Gasteiger partial charge on any atom is -0.224 e. The molecule has 2 aromatic heterocycles. The van der Waals surface area contributed by atoms with Gasteiger partial charge in [-0.1, -0.05) is 36.4 Å². The number of hydrogen-bond acceptors (Lipinski definition) is 3. The first kappa shape index (κ1) is 15.8. The number of alkyl halides is 3. The third-order valence-electron chi connectivity index (χ3n) is 3.83. The molecule has 126 valence electrons. The van der Waals surface area contributed by atoms with E-state index in [9.17, 15) is 13.2 Å². The monoisotopic (exact) mass is 359 g/mol. The third kappa shape index (κ3) is 2.91. The number of rotatable bonds is 2. The van der Waals surface area contributed by atoms with Crippen LogP contribution in [0.25, 0.3) is 27.2 Å². The van der Waals surface area contributed by atoms with Gasteiger partial charge < -0.3 is 0 Å². The van der Waals surface area contributed by atoms with Crippen LogP contribution in [0.3, 0.4) is 0 Å². The number of halogens is 3. The molecular formula is C18H12F3N3S. The molecule has 0 amide bonds. The van der Waals surface area contributed by atoms with Gasteiger partial charge in [0.05, 0.1) is 11.4 Å². The molecule has 0 radical (unpaired) electrons. The van der Waals surface area contributed by atoms with E-state index in [1.165, 1.54) is 16.0 Å². The van der Waals surface area contributed by atoms with Crippen LogP contribution in [0.15, 0.2) is 53.9 Å². The van der Waals surface area contributed by atoms with Gasteiger partial charge in [0.25, 0.3) is 0 Å². The second-order valence-electron chi connectivity index (χ2n) is 5.66. The summed E-state index contributed by atoms with van der Waals surface area (Å²) < 4.78 is 40.8. The lowest BCUT2D eigenvalue weighted by molar-refractivity contribution is -0.141. The van der Waals surface area contributed by atoms with Crippen molar-refractivity contribution in [1.82, 2.24) is 14.8 Å². The average molecular weight is 359 g/mol. The Morgan fingerprint density at radius 3 is 2.44 bits per heavy atom. The van der Waals surface area contributed by atoms with Crippen molar-refractivity contribution >= 4 is 22.1 Å². The van der Waals surface area contributed by atoms with Gasteiger partial charge in [0.1, 0.15) is 0 Å². The lowest BCUT2D eigenvalue weighted by Gasteiger charge is -2.06. The zero-order chi connectivity index (χ0) is 17.6. The van der Waals surface area contributed by atoms with Crippen LogP contribution in [0.5, 0.6) is 0 Å². The van der Waals surface area contributed by atoms with Gasteiger partial charge in [-0.25, -0.2) is 9.67 Å². The first-order chi connectivity index (χ1) is 11.9. The number of hydrogen-bond donors (Lipinski definition) is 0. The summed E-state index contributed by atoms with van der Waals surface area (Å²) in [6.07, 6.45) is -4.51. The van der Waals surface area contributed by atoms with Crippen molar-refractivity contribution in [1.29, 1.82) is 0 Å². The summed E-state index contributed by atoms with van der Waals surface area (Å²) >= 11 is 1.26. The van der Waals surface area contributed by atoms with E-state index < -0.39 is 11.9 Å². The number of aromatic nitrogens is 3. The summed E-state index contributed by atoms with van der Waals surface area (Å²) in [5, 5.41) is 7.94. The molecule has 2 heterocycles. The zero-order valence-corrected chi connectivity index (χ0v) is 13.9. The van der Waals surface area contributed by atoms with E-state index in [1.807, 2.05) is 36.4 Å². The van der Waals surface area contributed by atoms with Crippen molar-refractivity contribution in [3.63, 3.8) is 0 Å². The highest BCUT2D eigenvalue weighted by atomic mass is 32.1. The maximum Gasteiger partial charge on any atom is 0.435 e. The molecule has 0 saturated carbocycles. The summed E-state index contributed by atoms with van der Waals surface area (Å²) in [5.74, 6) is 0. The van der Waals surface area contributed by atoms with Crippen molar-refractivity contribution in [2.45, 2.75) is 13.1 Å². The molecule has 0 aliphatic rings. The minimum atomic E-state index is -4.51. The van der Waals surface area contributed by atoms with Crippen molar-refractivity contribution in [3.8, 4) is 16.4 Å². The van der Waals surface area contributed by atoms with Crippen LogP contribution in [0.4, 0.5) is 13.2 Å². The Morgan fingerprint density at radius 1 is 1.00 bits per heavy atom. The van der Waals surface area contributed by atoms with Crippen LogP contribution in [0.1, 0.15) is 11.4 Å². The van der Waals surface area contributed by atoms with Crippen LogP contribution in [-0.2, 0) is 6.18 Å². The molecule has 0 N–H and O–H groups in total. The molecule has 2 aromatic carbocycles. The van der Waals surface area contributed by atoms with E-state index in [0.717, 1.165) is 22.5 Å². The van der Waals surface area contributed by atoms with Crippen molar-refractivity contribution in [2.75, 3.05) is 0 Å². The topological polar surface area (TPSA) is 30.7 Å². The van der Waals surface area contributed by atoms with E-state index in [0.29, 0.717) is 16.4 Å². The van der Waals surface area contributed by atoms with Crippen molar-refractivity contribution in [3.05, 3.63) is 65.3 Å². The quantitative estimate of drug-likeness (QED) is 0.475. The molecule has 0 aliphatic carbocycles. The number of aryl methyl sites for hydroxylation is 1. The molecule has 0 bridgehead atoms. The number of thiazole rings is 1. The third-order valence-corrected chi connectivity index (χ3v) is 4.77. The second-order valence-corrected chi connectivity index (χ2v) is 6.49. The van der Waals surface area contributed by atoms with E-state index in [2.05, 4.69) is 10.1 Å². The highest BCUT2D eigenvalue weighted by molar-refractivity contribution is 7.12. The van der Waals surface area contributed by atoms with Crippen molar-refractivity contribution < 1.29 is 13.2 Å². The smallest absolute Gasteiger partial charge is 0.224 e. The molecular weight excluding hydrogens is 347 g/mol. The lowest BCUT2D eigenvalue weighted by Crippen LogP contribution is -2.07. The molecule has 3 nitrogen and oxygen atoms in total. The molecule has 0 unspecified atom stereocenters. The molecule has 7 heteroatoms. The normalized spacial score (nSPS) is 12.0. The van der Waals surface area contributed by atoms with Gasteiger partial charge in [-0.3, -0.25) is 0 Å². The first-order valence-corrected chi connectivity index (χ1v) is 8.39. The molecule has 25 heavy (non-hydrogen) atoms. The fourth-order valence-corrected chi connectivity index (χ4v) is 3.42. The van der Waals surface area contributed by atoms with Gasteiger partial charge in [0.2, 0.25) is 5.13 Å². The molecule has 4 aromatic rings. The van der Waals surface area contributed by atoms with E-state index in [4.69, 9.17) is 0 Å². The molecule has 4 rings (SSSR count). The Labute approximate surface area is 145 Å². The van der Waals surface area contributed by atoms with Crippen LogP contribution in [-0.4, -0.2) is 14.8 Å². The zero-order valence-electron chi connectivity index (χ0n) is 13.1. The SMILES string of the molecule is Cc1csc(-n2nc(C(F)(F)F)cc2-c2ccc3ccccc3c2)n1. The first-order valence-electron chi connectivity index (χ1n) is 7.51. The van der Waals surface area contributed by atoms with Crippen LogP contribution in [0, 0.1) is 6.92 Å². The standard InChI is InChI=1S/C18H12F3N3S/c1-11-10-25-17(22-11)24-15(9-16(23-24)18(19,20)21)14-7-6-12-4-2-3-5-13(12)8-14/h2-10H,1H3. The Balaban J connectivity index is 1.93. The summed E-state index contributed by atoms with van der Waals surface area (Å²) in [5.41, 5.74) is 0.846. The van der Waals surface area contributed by atoms with Crippen molar-refractivity contribution in [2.24, 2.45) is 0 Å². The van der Waals surface area contributed by atoms with E-state index in [1.54, 1.807) is 18.4 Å². The maximum absolute atomic E-state index is 13.2. The van der Waals surface area contributed by atoms with Gasteiger partial charge >= 0.3 is 6.18 Å². The Hall–Kier alpha value is -2.67. The lowest BCUT2D eigenvalue weighted by atomic mass is 10.0. The molecule has 0 saturated heterocycles. The fourth-order valence-electron chi connectivity index (χ4n) is 2.66. The van der Waals surface area contributed by atoms with Gasteiger partial charge in [-0.15, -0.1) is 11.3 Å². The highest BCUT2D eigenvalue weighted by Gasteiger charge is 2.35. The second kappa shape index (κ2) is 5.70. The summed E-state index contributed by atoms with van der Waals surface area (Å²) in [7, 11) is 0.